The van der Waals surface area contributed by atoms with Crippen molar-refractivity contribution in [1.82, 2.24) is 25.7 Å². The van der Waals surface area contributed by atoms with E-state index in [-0.39, 0.29) is 0 Å². The van der Waals surface area contributed by atoms with Gasteiger partial charge in [-0.15, -0.1) is 0 Å². The zero-order valence-electron chi connectivity index (χ0n) is 14.7. The van der Waals surface area contributed by atoms with Crippen LogP contribution in [0.1, 0.15) is 45.8 Å². The summed E-state index contributed by atoms with van der Waals surface area (Å²) < 4.78 is 4.93. The van der Waals surface area contributed by atoms with Gasteiger partial charge in [0, 0.05) is 39.1 Å². The molecule has 7 heteroatoms. The van der Waals surface area contributed by atoms with Crippen molar-refractivity contribution in [3.63, 3.8) is 0 Å². The number of hydrogen-bond acceptors (Lipinski definition) is 5. The molecule has 0 amide bonds. The van der Waals surface area contributed by atoms with E-state index in [0.717, 1.165) is 25.5 Å². The first-order valence-corrected chi connectivity index (χ1v) is 7.93. The molecule has 7 nitrogen and oxygen atoms in total. The van der Waals surface area contributed by atoms with Gasteiger partial charge < -0.3 is 15.2 Å². The average molecular weight is 310 g/mol. The van der Waals surface area contributed by atoms with Crippen LogP contribution in [0.25, 0.3) is 0 Å². The molecule has 1 aromatic heterocycles. The third-order valence-corrected chi connectivity index (χ3v) is 3.42. The summed E-state index contributed by atoms with van der Waals surface area (Å²) in [6, 6.07) is 1.14. The maximum absolute atomic E-state index is 4.93. The molecule has 1 heterocycles. The summed E-state index contributed by atoms with van der Waals surface area (Å²) in [7, 11) is 1.76. The van der Waals surface area contributed by atoms with Crippen molar-refractivity contribution < 1.29 is 4.52 Å². The zero-order chi connectivity index (χ0) is 16.5. The predicted molar refractivity (Wildman–Crippen MR) is 88.8 cm³/mol. The predicted octanol–water partition coefficient (Wildman–Crippen LogP) is 1.55. The van der Waals surface area contributed by atoms with Gasteiger partial charge in [0.05, 0.1) is 6.54 Å². The van der Waals surface area contributed by atoms with E-state index < -0.39 is 0 Å². The lowest BCUT2D eigenvalue weighted by molar-refractivity contribution is 0.173. The van der Waals surface area contributed by atoms with Crippen LogP contribution in [-0.4, -0.2) is 53.2 Å². The van der Waals surface area contributed by atoms with Gasteiger partial charge in [-0.25, -0.2) is 0 Å². The molecule has 0 aliphatic rings. The SMILES string of the molecule is CN=C(NCCCN(C(C)C)C(C)C)NCc1noc(C)n1. The van der Waals surface area contributed by atoms with Gasteiger partial charge in [0.15, 0.2) is 11.8 Å². The van der Waals surface area contributed by atoms with Crippen molar-refractivity contribution in [2.24, 2.45) is 4.99 Å². The number of nitrogens with one attached hydrogen (secondary N) is 2. The molecule has 0 unspecified atom stereocenters. The van der Waals surface area contributed by atoms with E-state index in [2.05, 4.69) is 58.4 Å². The second kappa shape index (κ2) is 9.40. The number of aliphatic imine (C=N–C) groups is 1. The molecule has 0 saturated carbocycles. The lowest BCUT2D eigenvalue weighted by Crippen LogP contribution is -2.41. The molecule has 0 radical (unpaired) electrons. The minimum atomic E-state index is 0.501. The molecule has 0 spiro atoms. The summed E-state index contributed by atoms with van der Waals surface area (Å²) in [4.78, 5) is 10.8. The Labute approximate surface area is 133 Å². The van der Waals surface area contributed by atoms with Crippen molar-refractivity contribution in [3.8, 4) is 0 Å². The molecule has 0 aliphatic carbocycles. The fraction of sp³-hybridized carbons (Fsp3) is 0.800. The largest absolute Gasteiger partial charge is 0.356 e. The maximum Gasteiger partial charge on any atom is 0.223 e. The molecule has 1 aromatic rings. The Morgan fingerprint density at radius 3 is 2.41 bits per heavy atom. The minimum absolute atomic E-state index is 0.501. The van der Waals surface area contributed by atoms with E-state index in [0.29, 0.717) is 30.3 Å². The maximum atomic E-state index is 4.93. The van der Waals surface area contributed by atoms with Crippen LogP contribution in [0.2, 0.25) is 0 Å². The Bertz CT molecular complexity index is 447. The van der Waals surface area contributed by atoms with Crippen molar-refractivity contribution in [1.29, 1.82) is 0 Å². The molecular formula is C15H30N6O. The monoisotopic (exact) mass is 310 g/mol. The topological polar surface area (TPSA) is 78.6 Å². The number of aryl methyl sites for hydroxylation is 1. The summed E-state index contributed by atoms with van der Waals surface area (Å²) in [5.74, 6) is 1.96. The van der Waals surface area contributed by atoms with Crippen molar-refractivity contribution in [2.45, 2.75) is 59.7 Å². The molecule has 0 atom stereocenters. The quantitative estimate of drug-likeness (QED) is 0.431. The number of hydrogen-bond donors (Lipinski definition) is 2. The molecule has 0 saturated heterocycles. The highest BCUT2D eigenvalue weighted by atomic mass is 16.5. The number of aromatic nitrogens is 2. The first kappa shape index (κ1) is 18.4. The summed E-state index contributed by atoms with van der Waals surface area (Å²) in [6.45, 7) is 13.2. The second-order valence-corrected chi connectivity index (χ2v) is 5.86. The Hall–Kier alpha value is -1.63. The van der Waals surface area contributed by atoms with Crippen LogP contribution in [0.15, 0.2) is 9.52 Å². The van der Waals surface area contributed by atoms with Gasteiger partial charge in [-0.05, 0) is 34.1 Å². The lowest BCUT2D eigenvalue weighted by atomic mass is 10.2. The standard InChI is InChI=1S/C15H30N6O/c1-11(2)21(12(3)4)9-7-8-17-15(16-6)18-10-14-19-13(5)22-20-14/h11-12H,7-10H2,1-6H3,(H2,16,17,18). The summed E-state index contributed by atoms with van der Waals surface area (Å²) >= 11 is 0. The minimum Gasteiger partial charge on any atom is -0.356 e. The third-order valence-electron chi connectivity index (χ3n) is 3.42. The van der Waals surface area contributed by atoms with Crippen LogP contribution in [0.4, 0.5) is 0 Å². The van der Waals surface area contributed by atoms with Crippen LogP contribution in [0.3, 0.4) is 0 Å². The molecule has 0 bridgehead atoms. The Morgan fingerprint density at radius 2 is 1.91 bits per heavy atom. The fourth-order valence-corrected chi connectivity index (χ4v) is 2.38. The summed E-state index contributed by atoms with van der Waals surface area (Å²) in [5, 5.41) is 10.3. The first-order valence-electron chi connectivity index (χ1n) is 7.93. The van der Waals surface area contributed by atoms with Gasteiger partial charge in [0.2, 0.25) is 5.89 Å². The fourth-order valence-electron chi connectivity index (χ4n) is 2.38. The Kier molecular flexibility index (Phi) is 7.87. The average Bonchev–Trinajstić information content (AvgIpc) is 2.86. The second-order valence-electron chi connectivity index (χ2n) is 5.86. The lowest BCUT2D eigenvalue weighted by Gasteiger charge is -2.30. The van der Waals surface area contributed by atoms with Crippen LogP contribution in [0.5, 0.6) is 0 Å². The van der Waals surface area contributed by atoms with Crippen LogP contribution >= 0.6 is 0 Å². The molecule has 1 rings (SSSR count). The van der Waals surface area contributed by atoms with Gasteiger partial charge >= 0.3 is 0 Å². The van der Waals surface area contributed by atoms with E-state index in [4.69, 9.17) is 4.52 Å². The normalized spacial score (nSPS) is 12.5. The molecule has 2 N–H and O–H groups in total. The van der Waals surface area contributed by atoms with Crippen molar-refractivity contribution in [2.75, 3.05) is 20.1 Å². The van der Waals surface area contributed by atoms with Gasteiger partial charge in [0.25, 0.3) is 0 Å². The highest BCUT2D eigenvalue weighted by molar-refractivity contribution is 5.79. The van der Waals surface area contributed by atoms with Gasteiger partial charge in [-0.3, -0.25) is 9.89 Å². The van der Waals surface area contributed by atoms with Crippen LogP contribution < -0.4 is 10.6 Å². The zero-order valence-corrected chi connectivity index (χ0v) is 14.7. The third kappa shape index (κ3) is 6.43. The molecule has 126 valence electrons. The van der Waals surface area contributed by atoms with E-state index in [9.17, 15) is 0 Å². The van der Waals surface area contributed by atoms with Gasteiger partial charge in [0.1, 0.15) is 0 Å². The molecule has 0 aliphatic heterocycles. The smallest absolute Gasteiger partial charge is 0.223 e. The Balaban J connectivity index is 2.26. The van der Waals surface area contributed by atoms with Crippen LogP contribution in [-0.2, 0) is 6.54 Å². The number of rotatable bonds is 8. The highest BCUT2D eigenvalue weighted by Crippen LogP contribution is 2.05. The van der Waals surface area contributed by atoms with Crippen molar-refractivity contribution >= 4 is 5.96 Å². The van der Waals surface area contributed by atoms with E-state index in [1.54, 1.807) is 14.0 Å². The van der Waals surface area contributed by atoms with E-state index in [1.807, 2.05) is 0 Å². The number of nitrogens with zero attached hydrogens (tertiary/aromatic N) is 4. The Morgan fingerprint density at radius 1 is 1.23 bits per heavy atom. The van der Waals surface area contributed by atoms with E-state index >= 15 is 0 Å². The molecule has 0 fully saturated rings. The highest BCUT2D eigenvalue weighted by Gasteiger charge is 2.12. The summed E-state index contributed by atoms with van der Waals surface area (Å²) in [6.07, 6.45) is 1.07. The molecular weight excluding hydrogens is 280 g/mol. The summed E-state index contributed by atoms with van der Waals surface area (Å²) in [5.41, 5.74) is 0. The number of guanidine groups is 1. The van der Waals surface area contributed by atoms with Crippen molar-refractivity contribution in [3.05, 3.63) is 11.7 Å². The van der Waals surface area contributed by atoms with E-state index in [1.165, 1.54) is 0 Å². The molecule has 22 heavy (non-hydrogen) atoms. The first-order chi connectivity index (χ1) is 10.4. The van der Waals surface area contributed by atoms with Crippen LogP contribution in [0, 0.1) is 6.92 Å². The van der Waals surface area contributed by atoms with Gasteiger partial charge in [-0.1, -0.05) is 5.16 Å². The van der Waals surface area contributed by atoms with Gasteiger partial charge in [-0.2, -0.15) is 4.98 Å². The molecule has 0 aromatic carbocycles.